The summed E-state index contributed by atoms with van der Waals surface area (Å²) in [5, 5.41) is 5.13. The van der Waals surface area contributed by atoms with Crippen molar-refractivity contribution in [2.45, 2.75) is 38.1 Å². The third-order valence-corrected chi connectivity index (χ3v) is 4.48. The molecular weight excluding hydrogens is 278 g/mol. The molecule has 1 aromatic rings. The van der Waals surface area contributed by atoms with Gasteiger partial charge in [0.1, 0.15) is 10.6 Å². The number of primary sulfonamides is 1. The van der Waals surface area contributed by atoms with Gasteiger partial charge in [0.05, 0.1) is 0 Å². The summed E-state index contributed by atoms with van der Waals surface area (Å²) in [6.07, 6.45) is 3.76. The molecule has 0 spiro atoms. The van der Waals surface area contributed by atoms with E-state index in [2.05, 4.69) is 0 Å². The number of carbonyl (C=O) groups is 1. The van der Waals surface area contributed by atoms with Crippen LogP contribution in [0.25, 0.3) is 0 Å². The summed E-state index contributed by atoms with van der Waals surface area (Å²) in [5.41, 5.74) is 0.388. The predicted molar refractivity (Wildman–Crippen MR) is 75.8 cm³/mol. The van der Waals surface area contributed by atoms with Crippen molar-refractivity contribution >= 4 is 15.9 Å². The Morgan fingerprint density at radius 2 is 2.10 bits per heavy atom. The molecule has 1 saturated carbocycles. The Kier molecular flexibility index (Phi) is 4.19. The number of rotatable bonds is 6. The van der Waals surface area contributed by atoms with Gasteiger partial charge in [0, 0.05) is 25.8 Å². The molecular formula is C13H21N3O3S. The van der Waals surface area contributed by atoms with Crippen molar-refractivity contribution in [2.75, 3.05) is 13.1 Å². The van der Waals surface area contributed by atoms with Crippen LogP contribution in [0, 0.1) is 5.92 Å². The summed E-state index contributed by atoms with van der Waals surface area (Å²) in [7, 11) is -3.78. The smallest absolute Gasteiger partial charge is 0.270 e. The number of nitrogens with zero attached hydrogens (tertiary/aromatic N) is 2. The molecule has 0 atom stereocenters. The Bertz CT molecular complexity index is 602. The lowest BCUT2D eigenvalue weighted by molar-refractivity contribution is 0.0746. The van der Waals surface area contributed by atoms with E-state index in [0.29, 0.717) is 24.7 Å². The molecule has 2 rings (SSSR count). The molecule has 0 aliphatic heterocycles. The zero-order chi connectivity index (χ0) is 14.9. The van der Waals surface area contributed by atoms with Crippen LogP contribution in [-0.2, 0) is 16.6 Å². The molecule has 0 aromatic carbocycles. The summed E-state index contributed by atoms with van der Waals surface area (Å²) < 4.78 is 24.4. The van der Waals surface area contributed by atoms with Gasteiger partial charge in [-0.05, 0) is 38.7 Å². The molecule has 7 heteroatoms. The Labute approximate surface area is 119 Å². The molecule has 1 aliphatic carbocycles. The van der Waals surface area contributed by atoms with Crippen LogP contribution < -0.4 is 5.14 Å². The summed E-state index contributed by atoms with van der Waals surface area (Å²) in [6, 6.07) is 1.37. The number of hydrogen-bond acceptors (Lipinski definition) is 3. The first-order valence-corrected chi connectivity index (χ1v) is 8.43. The largest absolute Gasteiger partial charge is 0.342 e. The molecule has 20 heavy (non-hydrogen) atoms. The predicted octanol–water partition coefficient (Wildman–Crippen LogP) is 1.03. The minimum absolute atomic E-state index is 0.00910. The number of aryl methyl sites for hydroxylation is 1. The number of nitrogens with two attached hydrogens (primary N) is 1. The molecule has 112 valence electrons. The molecule has 0 radical (unpaired) electrons. The highest BCUT2D eigenvalue weighted by molar-refractivity contribution is 7.89. The zero-order valence-electron chi connectivity index (χ0n) is 11.9. The van der Waals surface area contributed by atoms with E-state index in [9.17, 15) is 13.2 Å². The number of aromatic nitrogens is 1. The monoisotopic (exact) mass is 299 g/mol. The summed E-state index contributed by atoms with van der Waals surface area (Å²) in [6.45, 7) is 5.68. The maximum absolute atomic E-state index is 12.5. The second-order valence-corrected chi connectivity index (χ2v) is 6.74. The summed E-state index contributed by atoms with van der Waals surface area (Å²) in [4.78, 5) is 14.3. The minimum Gasteiger partial charge on any atom is -0.342 e. The summed E-state index contributed by atoms with van der Waals surface area (Å²) in [5.74, 6) is 0.470. The van der Waals surface area contributed by atoms with Crippen molar-refractivity contribution in [3.63, 3.8) is 0 Å². The van der Waals surface area contributed by atoms with Gasteiger partial charge in [-0.1, -0.05) is 0 Å². The van der Waals surface area contributed by atoms with Gasteiger partial charge < -0.3 is 9.47 Å². The average molecular weight is 299 g/mol. The number of carbonyl (C=O) groups excluding carboxylic acids is 1. The SMILES string of the molecule is CCN(CC1CC1)C(=O)c1cc(S(N)(=O)=O)cn1CC. The van der Waals surface area contributed by atoms with E-state index >= 15 is 0 Å². The van der Waals surface area contributed by atoms with E-state index < -0.39 is 10.0 Å². The van der Waals surface area contributed by atoms with Crippen LogP contribution in [0.5, 0.6) is 0 Å². The van der Waals surface area contributed by atoms with Crippen molar-refractivity contribution in [3.05, 3.63) is 18.0 Å². The quantitative estimate of drug-likeness (QED) is 0.851. The van der Waals surface area contributed by atoms with Crippen LogP contribution in [0.1, 0.15) is 37.2 Å². The van der Waals surface area contributed by atoms with E-state index in [4.69, 9.17) is 5.14 Å². The molecule has 2 N–H and O–H groups in total. The third-order valence-electron chi connectivity index (χ3n) is 3.60. The Hall–Kier alpha value is -1.34. The first kappa shape index (κ1) is 15.1. The fourth-order valence-corrected chi connectivity index (χ4v) is 2.76. The van der Waals surface area contributed by atoms with E-state index in [-0.39, 0.29) is 10.8 Å². The van der Waals surface area contributed by atoms with Crippen molar-refractivity contribution in [3.8, 4) is 0 Å². The van der Waals surface area contributed by atoms with Gasteiger partial charge in [-0.25, -0.2) is 13.6 Å². The molecule has 6 nitrogen and oxygen atoms in total. The van der Waals surface area contributed by atoms with E-state index in [1.165, 1.54) is 25.1 Å². The topological polar surface area (TPSA) is 85.4 Å². The van der Waals surface area contributed by atoms with Crippen molar-refractivity contribution in [1.29, 1.82) is 0 Å². The van der Waals surface area contributed by atoms with Gasteiger partial charge in [0.2, 0.25) is 10.0 Å². The molecule has 0 unspecified atom stereocenters. The first-order chi connectivity index (χ1) is 9.36. The standard InChI is InChI=1S/C13H21N3O3S/c1-3-15-9-11(20(14,18)19)7-12(15)13(17)16(4-2)8-10-5-6-10/h7,9-10H,3-6,8H2,1-2H3,(H2,14,18,19). The second kappa shape index (κ2) is 5.57. The Morgan fingerprint density at radius 1 is 1.45 bits per heavy atom. The van der Waals surface area contributed by atoms with Gasteiger partial charge in [-0.15, -0.1) is 0 Å². The highest BCUT2D eigenvalue weighted by Crippen LogP contribution is 2.30. The molecule has 0 bridgehead atoms. The van der Waals surface area contributed by atoms with Gasteiger partial charge >= 0.3 is 0 Å². The first-order valence-electron chi connectivity index (χ1n) is 6.89. The molecule has 1 amide bonds. The van der Waals surface area contributed by atoms with Crippen LogP contribution >= 0.6 is 0 Å². The molecule has 1 aromatic heterocycles. The Morgan fingerprint density at radius 3 is 2.55 bits per heavy atom. The molecule has 1 heterocycles. The van der Waals surface area contributed by atoms with Crippen LogP contribution in [0.4, 0.5) is 0 Å². The highest BCUT2D eigenvalue weighted by Gasteiger charge is 2.28. The van der Waals surface area contributed by atoms with Crippen LogP contribution in [0.3, 0.4) is 0 Å². The lowest BCUT2D eigenvalue weighted by atomic mass is 10.3. The summed E-state index contributed by atoms with van der Waals surface area (Å²) >= 11 is 0. The van der Waals surface area contributed by atoms with Crippen LogP contribution in [0.2, 0.25) is 0 Å². The van der Waals surface area contributed by atoms with Crippen LogP contribution in [-0.4, -0.2) is 36.9 Å². The fourth-order valence-electron chi connectivity index (χ4n) is 2.21. The maximum Gasteiger partial charge on any atom is 0.270 e. The molecule has 1 aliphatic rings. The van der Waals surface area contributed by atoms with Gasteiger partial charge in [0.15, 0.2) is 0 Å². The van der Waals surface area contributed by atoms with Gasteiger partial charge in [0.25, 0.3) is 5.91 Å². The zero-order valence-corrected chi connectivity index (χ0v) is 12.7. The van der Waals surface area contributed by atoms with Crippen molar-refractivity contribution < 1.29 is 13.2 Å². The molecule has 1 fully saturated rings. The van der Waals surface area contributed by atoms with Crippen molar-refractivity contribution in [1.82, 2.24) is 9.47 Å². The minimum atomic E-state index is -3.78. The van der Waals surface area contributed by atoms with Gasteiger partial charge in [-0.2, -0.15) is 0 Å². The number of amides is 1. The van der Waals surface area contributed by atoms with E-state index in [0.717, 1.165) is 6.54 Å². The van der Waals surface area contributed by atoms with Crippen molar-refractivity contribution in [2.24, 2.45) is 11.1 Å². The van der Waals surface area contributed by atoms with E-state index in [1.54, 1.807) is 9.47 Å². The normalized spacial score (nSPS) is 15.3. The maximum atomic E-state index is 12.5. The second-order valence-electron chi connectivity index (χ2n) is 5.18. The van der Waals surface area contributed by atoms with Crippen LogP contribution in [0.15, 0.2) is 17.2 Å². The average Bonchev–Trinajstić information content (AvgIpc) is 3.08. The van der Waals surface area contributed by atoms with E-state index in [1.807, 2.05) is 13.8 Å². The third kappa shape index (κ3) is 3.21. The highest BCUT2D eigenvalue weighted by atomic mass is 32.2. The molecule has 0 saturated heterocycles. The number of sulfonamides is 1. The lowest BCUT2D eigenvalue weighted by Gasteiger charge is -2.21. The lowest BCUT2D eigenvalue weighted by Crippen LogP contribution is -2.34. The van der Waals surface area contributed by atoms with Gasteiger partial charge in [-0.3, -0.25) is 4.79 Å². The number of hydrogen-bond donors (Lipinski definition) is 1. The fraction of sp³-hybridized carbons (Fsp3) is 0.615. The Balaban J connectivity index is 2.29.